The van der Waals surface area contributed by atoms with Crippen LogP contribution < -0.4 is 10.2 Å². The molecular weight excluding hydrogens is 422 g/mol. The molecule has 1 aliphatic heterocycles. The number of benzene rings is 1. The van der Waals surface area contributed by atoms with Crippen molar-refractivity contribution in [2.45, 2.75) is 51.0 Å². The van der Waals surface area contributed by atoms with Gasteiger partial charge in [-0.15, -0.1) is 0 Å². The van der Waals surface area contributed by atoms with Gasteiger partial charge in [0.1, 0.15) is 0 Å². The predicted molar refractivity (Wildman–Crippen MR) is 133 cm³/mol. The normalized spacial score (nSPS) is 31.4. The standard InChI is InChI=1S/C28H37N5O/c34-26(28-17-22-13-23(18-28)15-24(14-22)19-28)31-25(16-21-5-2-1-3-6-21)20-32-9-11-33(12-10-32)27-29-7-4-8-30-27/h1-8,22-25H,9-20H2,(H,31,34)/t22?,23?,24?,25-,28?/m0/s1. The third kappa shape index (κ3) is 4.57. The molecular formula is C28H37N5O. The molecule has 0 spiro atoms. The minimum absolute atomic E-state index is 0.0902. The van der Waals surface area contributed by atoms with E-state index in [0.29, 0.717) is 5.91 Å². The van der Waals surface area contributed by atoms with E-state index in [9.17, 15) is 4.79 Å². The number of hydrogen-bond donors (Lipinski definition) is 1. The second-order valence-electron chi connectivity index (χ2n) is 11.4. The zero-order valence-electron chi connectivity index (χ0n) is 20.1. The first-order chi connectivity index (χ1) is 16.6. The molecule has 7 rings (SSSR count). The van der Waals surface area contributed by atoms with Crippen molar-refractivity contribution in [1.29, 1.82) is 0 Å². The molecule has 34 heavy (non-hydrogen) atoms. The molecule has 1 atom stereocenters. The van der Waals surface area contributed by atoms with E-state index in [-0.39, 0.29) is 11.5 Å². The number of nitrogens with one attached hydrogen (secondary N) is 1. The van der Waals surface area contributed by atoms with Crippen LogP contribution in [0.2, 0.25) is 0 Å². The van der Waals surface area contributed by atoms with Crippen LogP contribution in [0.4, 0.5) is 5.95 Å². The molecule has 6 nitrogen and oxygen atoms in total. The third-order valence-electron chi connectivity index (χ3n) is 8.87. The molecule has 1 N–H and O–H groups in total. The van der Waals surface area contributed by atoms with Gasteiger partial charge in [0.15, 0.2) is 0 Å². The van der Waals surface area contributed by atoms with Crippen molar-refractivity contribution in [3.8, 4) is 0 Å². The Kier molecular flexibility index (Phi) is 6.02. The van der Waals surface area contributed by atoms with Crippen LogP contribution >= 0.6 is 0 Å². The van der Waals surface area contributed by atoms with E-state index >= 15 is 0 Å². The van der Waals surface area contributed by atoms with Gasteiger partial charge in [0.05, 0.1) is 0 Å². The molecule has 4 saturated carbocycles. The summed E-state index contributed by atoms with van der Waals surface area (Å²) in [4.78, 5) is 27.4. The molecule has 1 amide bonds. The van der Waals surface area contributed by atoms with E-state index in [2.05, 4.69) is 55.4 Å². The summed E-state index contributed by atoms with van der Waals surface area (Å²) >= 11 is 0. The summed E-state index contributed by atoms with van der Waals surface area (Å²) < 4.78 is 0. The Morgan fingerprint density at radius 1 is 0.912 bits per heavy atom. The van der Waals surface area contributed by atoms with Crippen LogP contribution in [0.5, 0.6) is 0 Å². The molecule has 1 saturated heterocycles. The van der Waals surface area contributed by atoms with E-state index in [0.717, 1.165) is 82.1 Å². The summed E-state index contributed by atoms with van der Waals surface area (Å²) in [5.74, 6) is 3.54. The maximum Gasteiger partial charge on any atom is 0.226 e. The Hall–Kier alpha value is -2.47. The van der Waals surface area contributed by atoms with Crippen molar-refractivity contribution in [2.75, 3.05) is 37.6 Å². The van der Waals surface area contributed by atoms with Gasteiger partial charge in [-0.05, 0) is 74.3 Å². The molecule has 1 aromatic heterocycles. The van der Waals surface area contributed by atoms with Gasteiger partial charge < -0.3 is 10.2 Å². The molecule has 0 unspecified atom stereocenters. The van der Waals surface area contributed by atoms with Gasteiger partial charge in [-0.25, -0.2) is 9.97 Å². The number of hydrogen-bond acceptors (Lipinski definition) is 5. The monoisotopic (exact) mass is 459 g/mol. The summed E-state index contributed by atoms with van der Waals surface area (Å²) in [6.45, 7) is 4.68. The maximum absolute atomic E-state index is 13.8. The highest BCUT2D eigenvalue weighted by molar-refractivity contribution is 5.83. The highest BCUT2D eigenvalue weighted by Gasteiger charge is 2.54. The van der Waals surface area contributed by atoms with E-state index in [4.69, 9.17) is 0 Å². The molecule has 0 radical (unpaired) electrons. The number of carbonyl (C=O) groups excluding carboxylic acids is 1. The second-order valence-corrected chi connectivity index (χ2v) is 11.4. The highest BCUT2D eigenvalue weighted by Crippen LogP contribution is 2.60. The molecule has 4 bridgehead atoms. The van der Waals surface area contributed by atoms with Crippen LogP contribution in [-0.4, -0.2) is 59.5 Å². The van der Waals surface area contributed by atoms with Crippen molar-refractivity contribution >= 4 is 11.9 Å². The lowest BCUT2D eigenvalue weighted by Gasteiger charge is -2.56. The molecule has 180 valence electrons. The number of aromatic nitrogens is 2. The summed E-state index contributed by atoms with van der Waals surface area (Å²) in [6, 6.07) is 12.7. The third-order valence-corrected chi connectivity index (χ3v) is 8.87. The Labute approximate surface area is 203 Å². The fourth-order valence-electron chi connectivity index (χ4n) is 7.68. The largest absolute Gasteiger partial charge is 0.351 e. The molecule has 4 aliphatic carbocycles. The summed E-state index contributed by atoms with van der Waals surface area (Å²) in [5, 5.41) is 3.59. The molecule has 5 aliphatic rings. The molecule has 2 heterocycles. The number of anilines is 1. The zero-order valence-corrected chi connectivity index (χ0v) is 20.1. The van der Waals surface area contributed by atoms with E-state index in [1.165, 1.54) is 24.8 Å². The first-order valence-electron chi connectivity index (χ1n) is 13.2. The summed E-state index contributed by atoms with van der Waals surface area (Å²) in [5.41, 5.74) is 1.21. The van der Waals surface area contributed by atoms with Gasteiger partial charge in [-0.1, -0.05) is 30.3 Å². The van der Waals surface area contributed by atoms with Crippen LogP contribution in [0.1, 0.15) is 44.1 Å². The topological polar surface area (TPSA) is 61.4 Å². The Morgan fingerprint density at radius 2 is 1.53 bits per heavy atom. The minimum Gasteiger partial charge on any atom is -0.351 e. The Balaban J connectivity index is 1.12. The van der Waals surface area contributed by atoms with Crippen LogP contribution in [0, 0.1) is 23.2 Å². The number of piperazine rings is 1. The van der Waals surface area contributed by atoms with Crippen LogP contribution in [0.3, 0.4) is 0 Å². The Morgan fingerprint density at radius 3 is 2.15 bits per heavy atom. The van der Waals surface area contributed by atoms with Gasteiger partial charge in [0.2, 0.25) is 11.9 Å². The molecule has 1 aromatic carbocycles. The predicted octanol–water partition coefficient (Wildman–Crippen LogP) is 3.54. The highest BCUT2D eigenvalue weighted by atomic mass is 16.2. The van der Waals surface area contributed by atoms with E-state index in [1.807, 2.05) is 18.5 Å². The van der Waals surface area contributed by atoms with Crippen LogP contribution in [-0.2, 0) is 11.2 Å². The first-order valence-corrected chi connectivity index (χ1v) is 13.2. The van der Waals surface area contributed by atoms with Crippen molar-refractivity contribution in [2.24, 2.45) is 23.2 Å². The van der Waals surface area contributed by atoms with Gasteiger partial charge >= 0.3 is 0 Å². The number of carbonyl (C=O) groups is 1. The summed E-state index contributed by atoms with van der Waals surface area (Å²) in [6.07, 6.45) is 12.0. The van der Waals surface area contributed by atoms with Crippen LogP contribution in [0.25, 0.3) is 0 Å². The van der Waals surface area contributed by atoms with E-state index < -0.39 is 0 Å². The second kappa shape index (κ2) is 9.29. The molecule has 6 heteroatoms. The lowest BCUT2D eigenvalue weighted by Crippen LogP contribution is -2.58. The van der Waals surface area contributed by atoms with E-state index in [1.54, 1.807) is 0 Å². The first kappa shape index (κ1) is 22.0. The van der Waals surface area contributed by atoms with Crippen molar-refractivity contribution in [3.63, 3.8) is 0 Å². The average molecular weight is 460 g/mol. The summed E-state index contributed by atoms with van der Waals surface area (Å²) in [7, 11) is 0. The molecule has 5 fully saturated rings. The van der Waals surface area contributed by atoms with Crippen molar-refractivity contribution < 1.29 is 4.79 Å². The minimum atomic E-state index is -0.0902. The Bertz CT molecular complexity index is 938. The van der Waals surface area contributed by atoms with Crippen LogP contribution in [0.15, 0.2) is 48.8 Å². The lowest BCUT2D eigenvalue weighted by atomic mass is 9.49. The average Bonchev–Trinajstić information content (AvgIpc) is 2.85. The van der Waals surface area contributed by atoms with Gasteiger partial charge in [-0.2, -0.15) is 0 Å². The van der Waals surface area contributed by atoms with Crippen molar-refractivity contribution in [1.82, 2.24) is 20.2 Å². The van der Waals surface area contributed by atoms with Gasteiger partial charge in [-0.3, -0.25) is 9.69 Å². The molecule has 2 aromatic rings. The maximum atomic E-state index is 13.8. The zero-order chi connectivity index (χ0) is 23.0. The fourth-order valence-corrected chi connectivity index (χ4v) is 7.68. The van der Waals surface area contributed by atoms with Gasteiger partial charge in [0.25, 0.3) is 0 Å². The fraction of sp³-hybridized carbons (Fsp3) is 0.607. The quantitative estimate of drug-likeness (QED) is 0.686. The number of amides is 1. The number of rotatable bonds is 7. The smallest absolute Gasteiger partial charge is 0.226 e. The lowest BCUT2D eigenvalue weighted by molar-refractivity contribution is -0.147. The number of nitrogens with zero attached hydrogens (tertiary/aromatic N) is 4. The van der Waals surface area contributed by atoms with Gasteiger partial charge in [0, 0.05) is 56.6 Å². The van der Waals surface area contributed by atoms with Crippen molar-refractivity contribution in [3.05, 3.63) is 54.4 Å². The SMILES string of the molecule is O=C(N[C@@H](Cc1ccccc1)CN1CCN(c2ncccn2)CC1)C12CC3CC(CC(C3)C1)C2.